The molecule has 6 heteroatoms. The number of carbonyl (C=O) groups is 3. The van der Waals surface area contributed by atoms with Crippen molar-refractivity contribution in [3.8, 4) is 0 Å². The second-order valence-corrected chi connectivity index (χ2v) is 7.69. The second kappa shape index (κ2) is 6.86. The average Bonchev–Trinajstić information content (AvgIpc) is 2.71. The lowest BCUT2D eigenvalue weighted by Gasteiger charge is -2.24. The van der Waals surface area contributed by atoms with Gasteiger partial charge in [-0.3, -0.25) is 14.5 Å². The summed E-state index contributed by atoms with van der Waals surface area (Å²) in [6.45, 7) is 9.03. The zero-order valence-electron chi connectivity index (χ0n) is 15.6. The first-order chi connectivity index (χ1) is 11.6. The summed E-state index contributed by atoms with van der Waals surface area (Å²) < 4.78 is 0. The van der Waals surface area contributed by atoms with Crippen LogP contribution in [0.25, 0.3) is 0 Å². The van der Waals surface area contributed by atoms with Crippen LogP contribution < -0.4 is 10.6 Å². The zero-order chi connectivity index (χ0) is 18.8. The lowest BCUT2D eigenvalue weighted by Crippen LogP contribution is -2.48. The topological polar surface area (TPSA) is 78.5 Å². The molecule has 136 valence electrons. The molecule has 1 aromatic rings. The monoisotopic (exact) mass is 345 g/mol. The molecule has 1 fully saturated rings. The van der Waals surface area contributed by atoms with Crippen LogP contribution in [0.3, 0.4) is 0 Å². The number of benzene rings is 1. The lowest BCUT2D eigenvalue weighted by molar-refractivity contribution is -0.135. The molecule has 1 heterocycles. The number of hydrogen-bond acceptors (Lipinski definition) is 3. The summed E-state index contributed by atoms with van der Waals surface area (Å²) in [4.78, 5) is 38.1. The summed E-state index contributed by atoms with van der Waals surface area (Å²) in [7, 11) is 0. The lowest BCUT2D eigenvalue weighted by atomic mass is 9.91. The minimum atomic E-state index is -1.15. The molecule has 4 amide bonds. The van der Waals surface area contributed by atoms with Gasteiger partial charge < -0.3 is 10.6 Å². The number of amides is 4. The molecule has 0 saturated carbocycles. The van der Waals surface area contributed by atoms with Crippen molar-refractivity contribution in [2.75, 3.05) is 6.54 Å². The third-order valence-electron chi connectivity index (χ3n) is 4.16. The van der Waals surface area contributed by atoms with Crippen molar-refractivity contribution in [2.45, 2.75) is 58.5 Å². The highest BCUT2D eigenvalue weighted by Crippen LogP contribution is 2.29. The van der Waals surface area contributed by atoms with E-state index in [1.165, 1.54) is 5.56 Å². The van der Waals surface area contributed by atoms with Gasteiger partial charge in [0.05, 0.1) is 0 Å². The zero-order valence-corrected chi connectivity index (χ0v) is 15.6. The van der Waals surface area contributed by atoms with Gasteiger partial charge in [0, 0.05) is 5.54 Å². The maximum Gasteiger partial charge on any atom is 0.325 e. The van der Waals surface area contributed by atoms with Crippen molar-refractivity contribution >= 4 is 17.8 Å². The number of carbonyl (C=O) groups excluding carboxylic acids is 3. The fourth-order valence-corrected chi connectivity index (χ4v) is 2.93. The number of urea groups is 1. The Balaban J connectivity index is 2.17. The summed E-state index contributed by atoms with van der Waals surface area (Å²) in [6.07, 6.45) is 2.01. The molecule has 6 nitrogen and oxygen atoms in total. The van der Waals surface area contributed by atoms with Gasteiger partial charge in [0.1, 0.15) is 12.1 Å². The van der Waals surface area contributed by atoms with E-state index in [2.05, 4.69) is 17.6 Å². The molecule has 1 atom stereocenters. The van der Waals surface area contributed by atoms with Crippen LogP contribution in [0.5, 0.6) is 0 Å². The molecule has 1 aliphatic heterocycles. The van der Waals surface area contributed by atoms with Crippen molar-refractivity contribution in [1.82, 2.24) is 15.5 Å². The second-order valence-electron chi connectivity index (χ2n) is 7.69. The van der Waals surface area contributed by atoms with Gasteiger partial charge in [-0.15, -0.1) is 0 Å². The van der Waals surface area contributed by atoms with Gasteiger partial charge in [0.15, 0.2) is 0 Å². The maximum atomic E-state index is 12.8. The standard InChI is InChI=1S/C19H27N3O3/c1-6-7-13-8-10-14(11-9-13)19(5)16(24)22(17(25)21-19)12-15(23)20-18(2,3)4/h8-11H,6-7,12H2,1-5H3,(H,20,23)(H,21,25)/t19-/m1/s1. The van der Waals surface area contributed by atoms with E-state index >= 15 is 0 Å². The van der Waals surface area contributed by atoms with Gasteiger partial charge in [-0.05, 0) is 45.2 Å². The number of imide groups is 1. The number of nitrogens with zero attached hydrogens (tertiary/aromatic N) is 1. The quantitative estimate of drug-likeness (QED) is 0.804. The van der Waals surface area contributed by atoms with Crippen molar-refractivity contribution < 1.29 is 14.4 Å². The van der Waals surface area contributed by atoms with E-state index in [1.54, 1.807) is 6.92 Å². The molecule has 2 N–H and O–H groups in total. The molecule has 1 aliphatic rings. The molecule has 2 rings (SSSR count). The Morgan fingerprint density at radius 2 is 1.80 bits per heavy atom. The smallest absolute Gasteiger partial charge is 0.325 e. The molecular formula is C19H27N3O3. The van der Waals surface area contributed by atoms with Crippen molar-refractivity contribution in [2.24, 2.45) is 0 Å². The molecule has 0 radical (unpaired) electrons. The summed E-state index contributed by atoms with van der Waals surface area (Å²) >= 11 is 0. The van der Waals surface area contributed by atoms with Crippen molar-refractivity contribution in [1.29, 1.82) is 0 Å². The van der Waals surface area contributed by atoms with Gasteiger partial charge in [-0.25, -0.2) is 4.79 Å². The molecule has 1 aromatic carbocycles. The Kier molecular flexibility index (Phi) is 5.20. The van der Waals surface area contributed by atoms with Crippen LogP contribution in [0.4, 0.5) is 4.79 Å². The largest absolute Gasteiger partial charge is 0.350 e. The molecule has 0 unspecified atom stereocenters. The highest BCUT2D eigenvalue weighted by atomic mass is 16.2. The molecule has 0 spiro atoms. The van der Waals surface area contributed by atoms with Crippen LogP contribution in [-0.2, 0) is 21.5 Å². The Bertz CT molecular complexity index is 676. The third kappa shape index (κ3) is 4.18. The summed E-state index contributed by atoms with van der Waals surface area (Å²) in [5.41, 5.74) is 0.330. The van der Waals surface area contributed by atoms with E-state index in [-0.39, 0.29) is 12.5 Å². The van der Waals surface area contributed by atoms with Crippen LogP contribution in [0, 0.1) is 0 Å². The van der Waals surface area contributed by atoms with Gasteiger partial charge in [0.2, 0.25) is 5.91 Å². The first-order valence-corrected chi connectivity index (χ1v) is 8.61. The maximum absolute atomic E-state index is 12.8. The summed E-state index contributed by atoms with van der Waals surface area (Å²) in [5, 5.41) is 5.49. The van der Waals surface area contributed by atoms with Crippen LogP contribution in [0.15, 0.2) is 24.3 Å². The van der Waals surface area contributed by atoms with Crippen LogP contribution in [0.1, 0.15) is 52.2 Å². The van der Waals surface area contributed by atoms with E-state index in [4.69, 9.17) is 0 Å². The molecule has 0 bridgehead atoms. The van der Waals surface area contributed by atoms with E-state index in [1.807, 2.05) is 45.0 Å². The first kappa shape index (κ1) is 19.0. The van der Waals surface area contributed by atoms with E-state index in [0.29, 0.717) is 5.56 Å². The third-order valence-corrected chi connectivity index (χ3v) is 4.16. The van der Waals surface area contributed by atoms with Crippen LogP contribution >= 0.6 is 0 Å². The molecule has 0 aliphatic carbocycles. The van der Waals surface area contributed by atoms with Gasteiger partial charge in [0.25, 0.3) is 5.91 Å². The minimum absolute atomic E-state index is 0.286. The van der Waals surface area contributed by atoms with Gasteiger partial charge in [-0.2, -0.15) is 0 Å². The van der Waals surface area contributed by atoms with E-state index < -0.39 is 23.0 Å². The highest BCUT2D eigenvalue weighted by Gasteiger charge is 2.49. The van der Waals surface area contributed by atoms with Crippen molar-refractivity contribution in [3.63, 3.8) is 0 Å². The first-order valence-electron chi connectivity index (χ1n) is 8.61. The fourth-order valence-electron chi connectivity index (χ4n) is 2.93. The van der Waals surface area contributed by atoms with Crippen molar-refractivity contribution in [3.05, 3.63) is 35.4 Å². The predicted octanol–water partition coefficient (Wildman–Crippen LogP) is 2.32. The average molecular weight is 345 g/mol. The Morgan fingerprint density at radius 3 is 2.32 bits per heavy atom. The molecular weight excluding hydrogens is 318 g/mol. The van der Waals surface area contributed by atoms with E-state index in [0.717, 1.165) is 17.7 Å². The predicted molar refractivity (Wildman–Crippen MR) is 95.9 cm³/mol. The number of hydrogen-bond donors (Lipinski definition) is 2. The fraction of sp³-hybridized carbons (Fsp3) is 0.526. The Hall–Kier alpha value is -2.37. The van der Waals surface area contributed by atoms with Crippen LogP contribution in [-0.4, -0.2) is 34.8 Å². The highest BCUT2D eigenvalue weighted by molar-refractivity contribution is 6.09. The molecule has 25 heavy (non-hydrogen) atoms. The SMILES string of the molecule is CCCc1ccc([C@@]2(C)NC(=O)N(CC(=O)NC(C)(C)C)C2=O)cc1. The van der Waals surface area contributed by atoms with Gasteiger partial charge >= 0.3 is 6.03 Å². The minimum Gasteiger partial charge on any atom is -0.350 e. The molecule has 0 aromatic heterocycles. The Labute approximate surface area is 149 Å². The van der Waals surface area contributed by atoms with Gasteiger partial charge in [-0.1, -0.05) is 37.6 Å². The number of aryl methyl sites for hydroxylation is 1. The number of rotatable bonds is 5. The molecule has 1 saturated heterocycles. The number of nitrogens with one attached hydrogen (secondary N) is 2. The van der Waals surface area contributed by atoms with Crippen LogP contribution in [0.2, 0.25) is 0 Å². The summed E-state index contributed by atoms with van der Waals surface area (Å²) in [5.74, 6) is -0.775. The normalized spacial score (nSPS) is 20.6. The summed E-state index contributed by atoms with van der Waals surface area (Å²) in [6, 6.07) is 7.12. The van der Waals surface area contributed by atoms with E-state index in [9.17, 15) is 14.4 Å². The Morgan fingerprint density at radius 1 is 1.20 bits per heavy atom.